The average Bonchev–Trinajstić information content (AvgIpc) is 3.26. The predicted octanol–water partition coefficient (Wildman–Crippen LogP) is 3.09. The number of aromatic nitrogens is 1. The van der Waals surface area contributed by atoms with Crippen molar-refractivity contribution >= 4 is 5.91 Å². The monoisotopic (exact) mass is 383 g/mol. The number of ether oxygens (including phenoxy) is 1. The number of hydrogen-bond acceptors (Lipinski definition) is 5. The molecule has 0 bridgehead atoms. The number of amides is 1. The van der Waals surface area contributed by atoms with Gasteiger partial charge >= 0.3 is 0 Å². The first kappa shape index (κ1) is 19.2. The minimum atomic E-state index is 0.110. The van der Waals surface area contributed by atoms with Crippen molar-refractivity contribution in [3.63, 3.8) is 0 Å². The highest BCUT2D eigenvalue weighted by Gasteiger charge is 2.31. The van der Waals surface area contributed by atoms with Crippen molar-refractivity contribution in [2.45, 2.75) is 44.9 Å². The Morgan fingerprint density at radius 2 is 2.04 bits per heavy atom. The molecular weight excluding hydrogens is 354 g/mol. The van der Waals surface area contributed by atoms with E-state index < -0.39 is 0 Å². The first-order chi connectivity index (χ1) is 13.8. The Bertz CT molecular complexity index is 727. The summed E-state index contributed by atoms with van der Waals surface area (Å²) >= 11 is 0. The Kier molecular flexibility index (Phi) is 6.39. The zero-order valence-electron chi connectivity index (χ0n) is 16.3. The molecule has 2 aliphatic heterocycles. The molecule has 0 N–H and O–H groups in total. The van der Waals surface area contributed by atoms with Crippen molar-refractivity contribution in [2.24, 2.45) is 5.92 Å². The third-order valence-corrected chi connectivity index (χ3v) is 5.78. The normalized spacial score (nSPS) is 21.7. The van der Waals surface area contributed by atoms with Gasteiger partial charge in [-0.2, -0.15) is 0 Å². The van der Waals surface area contributed by atoms with Crippen LogP contribution in [0, 0.1) is 5.92 Å². The molecule has 0 radical (unpaired) electrons. The lowest BCUT2D eigenvalue weighted by molar-refractivity contribution is -0.141. The zero-order chi connectivity index (χ0) is 19.2. The quantitative estimate of drug-likeness (QED) is 0.767. The van der Waals surface area contributed by atoms with Crippen molar-refractivity contribution in [2.75, 3.05) is 26.2 Å². The zero-order valence-corrected chi connectivity index (χ0v) is 16.3. The molecular formula is C22H29N3O3. The lowest BCUT2D eigenvalue weighted by Crippen LogP contribution is -2.48. The van der Waals surface area contributed by atoms with Gasteiger partial charge in [0, 0.05) is 25.2 Å². The number of furan rings is 1. The maximum atomic E-state index is 13.0. The number of nitrogens with zero attached hydrogens (tertiary/aromatic N) is 3. The van der Waals surface area contributed by atoms with Crippen molar-refractivity contribution in [3.05, 3.63) is 54.2 Å². The second-order valence-corrected chi connectivity index (χ2v) is 7.81. The summed E-state index contributed by atoms with van der Waals surface area (Å²) in [4.78, 5) is 21.7. The van der Waals surface area contributed by atoms with E-state index >= 15 is 0 Å². The van der Waals surface area contributed by atoms with Crippen LogP contribution in [0.2, 0.25) is 0 Å². The van der Waals surface area contributed by atoms with Crippen molar-refractivity contribution in [1.82, 2.24) is 14.8 Å². The predicted molar refractivity (Wildman–Crippen MR) is 105 cm³/mol. The Hall–Kier alpha value is -2.18. The molecule has 2 aliphatic rings. The van der Waals surface area contributed by atoms with Gasteiger partial charge in [-0.05, 0) is 63.0 Å². The molecule has 0 unspecified atom stereocenters. The fourth-order valence-electron chi connectivity index (χ4n) is 4.18. The topological polar surface area (TPSA) is 58.8 Å². The second-order valence-electron chi connectivity index (χ2n) is 7.81. The molecule has 0 aromatic carbocycles. The van der Waals surface area contributed by atoms with Gasteiger partial charge in [0.25, 0.3) is 0 Å². The van der Waals surface area contributed by atoms with E-state index in [2.05, 4.69) is 9.88 Å². The van der Waals surface area contributed by atoms with E-state index in [1.54, 1.807) is 12.5 Å². The molecule has 2 aromatic heterocycles. The van der Waals surface area contributed by atoms with Gasteiger partial charge in [-0.15, -0.1) is 0 Å². The van der Waals surface area contributed by atoms with E-state index in [0.29, 0.717) is 19.1 Å². The Balaban J connectivity index is 1.23. The number of piperidine rings is 2. The molecule has 1 atom stereocenters. The van der Waals surface area contributed by atoms with Crippen molar-refractivity contribution in [3.8, 4) is 0 Å². The molecule has 4 heterocycles. The third kappa shape index (κ3) is 5.00. The molecule has 0 saturated carbocycles. The summed E-state index contributed by atoms with van der Waals surface area (Å²) in [6.45, 7) is 4.81. The standard InChI is InChI=1S/C22H29N3O3/c26-22(18-8-12-24(13-9-18)15-20-7-4-14-27-20)25-11-3-6-21(16-25)28-17-19-5-1-2-10-23-19/h1-2,4-5,7,10,14,18,21H,3,6,8-9,11-13,15-17H2/t21-/m0/s1. The minimum absolute atomic E-state index is 0.110. The summed E-state index contributed by atoms with van der Waals surface area (Å²) in [5.74, 6) is 1.44. The first-order valence-electron chi connectivity index (χ1n) is 10.3. The molecule has 150 valence electrons. The number of likely N-dealkylation sites (tertiary alicyclic amines) is 2. The lowest BCUT2D eigenvalue weighted by atomic mass is 9.94. The van der Waals surface area contributed by atoms with Gasteiger partial charge in [-0.25, -0.2) is 0 Å². The minimum Gasteiger partial charge on any atom is -0.468 e. The highest BCUT2D eigenvalue weighted by Crippen LogP contribution is 2.24. The summed E-state index contributed by atoms with van der Waals surface area (Å²) in [5, 5.41) is 0. The van der Waals surface area contributed by atoms with Gasteiger partial charge in [0.15, 0.2) is 0 Å². The van der Waals surface area contributed by atoms with E-state index in [9.17, 15) is 4.79 Å². The van der Waals surface area contributed by atoms with E-state index in [1.165, 1.54) is 0 Å². The Labute approximate surface area is 166 Å². The number of carbonyl (C=O) groups excluding carboxylic acids is 1. The van der Waals surface area contributed by atoms with Crippen LogP contribution in [-0.2, 0) is 22.7 Å². The number of carbonyl (C=O) groups is 1. The summed E-state index contributed by atoms with van der Waals surface area (Å²) < 4.78 is 11.5. The van der Waals surface area contributed by atoms with Crippen LogP contribution in [0.5, 0.6) is 0 Å². The van der Waals surface area contributed by atoms with E-state index in [4.69, 9.17) is 9.15 Å². The summed E-state index contributed by atoms with van der Waals surface area (Å²) in [6, 6.07) is 9.79. The Morgan fingerprint density at radius 1 is 1.14 bits per heavy atom. The molecule has 1 amide bonds. The third-order valence-electron chi connectivity index (χ3n) is 5.78. The number of hydrogen-bond donors (Lipinski definition) is 0. The molecule has 4 rings (SSSR count). The first-order valence-corrected chi connectivity index (χ1v) is 10.3. The molecule has 6 heteroatoms. The van der Waals surface area contributed by atoms with Gasteiger partial charge in [0.2, 0.25) is 5.91 Å². The van der Waals surface area contributed by atoms with Crippen LogP contribution in [0.3, 0.4) is 0 Å². The average molecular weight is 383 g/mol. The summed E-state index contributed by atoms with van der Waals surface area (Å²) in [7, 11) is 0. The van der Waals surface area contributed by atoms with Crippen LogP contribution in [0.1, 0.15) is 37.1 Å². The highest BCUT2D eigenvalue weighted by molar-refractivity contribution is 5.79. The summed E-state index contributed by atoms with van der Waals surface area (Å²) in [6.07, 6.45) is 7.49. The second kappa shape index (κ2) is 9.34. The highest BCUT2D eigenvalue weighted by atomic mass is 16.5. The fourth-order valence-corrected chi connectivity index (χ4v) is 4.18. The van der Waals surface area contributed by atoms with Gasteiger partial charge in [0.1, 0.15) is 5.76 Å². The lowest BCUT2D eigenvalue weighted by Gasteiger charge is -2.37. The van der Waals surface area contributed by atoms with Crippen LogP contribution in [0.15, 0.2) is 47.2 Å². The van der Waals surface area contributed by atoms with E-state index in [1.807, 2.05) is 35.2 Å². The van der Waals surface area contributed by atoms with Crippen molar-refractivity contribution in [1.29, 1.82) is 0 Å². The van der Waals surface area contributed by atoms with Crippen molar-refractivity contribution < 1.29 is 13.9 Å². The maximum Gasteiger partial charge on any atom is 0.225 e. The van der Waals surface area contributed by atoms with Crippen LogP contribution >= 0.6 is 0 Å². The SMILES string of the molecule is O=C(C1CCN(Cc2ccco2)CC1)N1CCC[C@H](OCc2ccccn2)C1. The molecule has 2 aromatic rings. The van der Waals surface area contributed by atoms with Gasteiger partial charge < -0.3 is 14.1 Å². The van der Waals surface area contributed by atoms with Gasteiger partial charge in [0.05, 0.1) is 31.2 Å². The largest absolute Gasteiger partial charge is 0.468 e. The molecule has 28 heavy (non-hydrogen) atoms. The molecule has 6 nitrogen and oxygen atoms in total. The van der Waals surface area contributed by atoms with Crippen LogP contribution in [0.25, 0.3) is 0 Å². The van der Waals surface area contributed by atoms with Gasteiger partial charge in [-0.3, -0.25) is 14.7 Å². The van der Waals surface area contributed by atoms with Crippen LogP contribution < -0.4 is 0 Å². The maximum absolute atomic E-state index is 13.0. The van der Waals surface area contributed by atoms with E-state index in [-0.39, 0.29) is 12.0 Å². The van der Waals surface area contributed by atoms with Crippen LogP contribution in [-0.4, -0.2) is 53.0 Å². The van der Waals surface area contributed by atoms with Gasteiger partial charge in [-0.1, -0.05) is 6.07 Å². The van der Waals surface area contributed by atoms with Crippen LogP contribution in [0.4, 0.5) is 0 Å². The molecule has 2 fully saturated rings. The smallest absolute Gasteiger partial charge is 0.225 e. The Morgan fingerprint density at radius 3 is 2.79 bits per heavy atom. The molecule has 0 spiro atoms. The number of pyridine rings is 1. The molecule has 0 aliphatic carbocycles. The van der Waals surface area contributed by atoms with E-state index in [0.717, 1.165) is 63.3 Å². The summed E-state index contributed by atoms with van der Waals surface area (Å²) in [5.41, 5.74) is 0.940. The molecule has 2 saturated heterocycles. The fraction of sp³-hybridized carbons (Fsp3) is 0.545. The number of rotatable bonds is 6.